The number of methoxy groups -OCH3 is 1. The molecule has 1 aromatic carbocycles. The fourth-order valence-corrected chi connectivity index (χ4v) is 3.58. The summed E-state index contributed by atoms with van der Waals surface area (Å²) in [4.78, 5) is 23.1. The molecule has 28 heavy (non-hydrogen) atoms. The lowest BCUT2D eigenvalue weighted by atomic mass is 10.1. The third-order valence-corrected chi connectivity index (χ3v) is 5.36. The first-order valence-corrected chi connectivity index (χ1v) is 9.65. The first-order chi connectivity index (χ1) is 13.4. The Labute approximate surface area is 166 Å². The number of nitrogens with one attached hydrogen (secondary N) is 2. The molecule has 1 aromatic heterocycles. The number of amides is 1. The van der Waals surface area contributed by atoms with Crippen LogP contribution >= 0.6 is 0 Å². The minimum absolute atomic E-state index is 0.217. The summed E-state index contributed by atoms with van der Waals surface area (Å²) >= 11 is 0. The van der Waals surface area contributed by atoms with Gasteiger partial charge in [0.15, 0.2) is 0 Å². The van der Waals surface area contributed by atoms with Crippen LogP contribution in [0.4, 0.5) is 5.82 Å². The Bertz CT molecular complexity index is 855. The zero-order valence-corrected chi connectivity index (χ0v) is 17.2. The Hall–Kier alpha value is -2.67. The number of hydrogen-bond donors (Lipinski definition) is 2. The molecule has 0 bridgehead atoms. The molecule has 1 aliphatic heterocycles. The molecule has 2 aromatic rings. The van der Waals surface area contributed by atoms with Crippen LogP contribution in [-0.4, -0.2) is 49.2 Å². The van der Waals surface area contributed by atoms with Crippen LogP contribution < -0.4 is 20.3 Å². The van der Waals surface area contributed by atoms with E-state index >= 15 is 0 Å². The van der Waals surface area contributed by atoms with Gasteiger partial charge in [0.25, 0.3) is 5.91 Å². The van der Waals surface area contributed by atoms with Gasteiger partial charge in [-0.3, -0.25) is 4.79 Å². The van der Waals surface area contributed by atoms with Crippen molar-refractivity contribution in [3.8, 4) is 5.75 Å². The number of carbonyl (C=O) groups is 1. The van der Waals surface area contributed by atoms with E-state index in [9.17, 15) is 4.79 Å². The van der Waals surface area contributed by atoms with E-state index in [0.29, 0.717) is 6.04 Å². The molecule has 1 aliphatic rings. The lowest BCUT2D eigenvalue weighted by Gasteiger charge is -2.23. The Kier molecular flexibility index (Phi) is 6.14. The maximum Gasteiger partial charge on any atom is 0.288 e. The highest BCUT2D eigenvalue weighted by Crippen LogP contribution is 2.26. The lowest BCUT2D eigenvalue weighted by Crippen LogP contribution is -2.35. The monoisotopic (exact) mass is 383 g/mol. The van der Waals surface area contributed by atoms with Crippen molar-refractivity contribution >= 4 is 11.7 Å². The highest BCUT2D eigenvalue weighted by Gasteiger charge is 2.27. The SMILES string of the molecule is CNC(=O)c1nc(C)c(C)c(N2CC[C@@H](NC(C)c3cccc(OC)c3)C2)n1. The summed E-state index contributed by atoms with van der Waals surface area (Å²) in [6.07, 6.45) is 1.02. The fourth-order valence-electron chi connectivity index (χ4n) is 3.58. The molecule has 2 atom stereocenters. The largest absolute Gasteiger partial charge is 0.497 e. The van der Waals surface area contributed by atoms with Crippen molar-refractivity contribution in [1.29, 1.82) is 0 Å². The standard InChI is InChI=1S/C21H29N5O2/c1-13-14(2)24-19(21(27)22-4)25-20(13)26-10-9-17(12-26)23-15(3)16-7-6-8-18(11-16)28-5/h6-8,11,15,17,23H,9-10,12H2,1-5H3,(H,22,27)/t15?,17-/m1/s1. The molecule has 3 rings (SSSR count). The molecule has 1 unspecified atom stereocenters. The number of ether oxygens (including phenoxy) is 1. The number of aryl methyl sites for hydroxylation is 1. The summed E-state index contributed by atoms with van der Waals surface area (Å²) in [5, 5.41) is 6.31. The number of hydrogen-bond acceptors (Lipinski definition) is 6. The molecule has 1 saturated heterocycles. The van der Waals surface area contributed by atoms with E-state index < -0.39 is 0 Å². The van der Waals surface area contributed by atoms with Gasteiger partial charge in [-0.2, -0.15) is 0 Å². The van der Waals surface area contributed by atoms with Crippen LogP contribution in [0.5, 0.6) is 5.75 Å². The predicted octanol–water partition coefficient (Wildman–Crippen LogP) is 2.39. The molecule has 150 valence electrons. The van der Waals surface area contributed by atoms with Crippen molar-refractivity contribution in [2.45, 2.75) is 39.3 Å². The Morgan fingerprint density at radius 1 is 1.32 bits per heavy atom. The summed E-state index contributed by atoms with van der Waals surface area (Å²) in [6, 6.07) is 8.71. The van der Waals surface area contributed by atoms with Crippen LogP contribution in [-0.2, 0) is 0 Å². The Morgan fingerprint density at radius 3 is 2.82 bits per heavy atom. The van der Waals surface area contributed by atoms with Crippen LogP contribution in [0.3, 0.4) is 0 Å². The summed E-state index contributed by atoms with van der Waals surface area (Å²) < 4.78 is 5.33. The number of rotatable bonds is 6. The normalized spacial score (nSPS) is 17.5. The Morgan fingerprint density at radius 2 is 2.11 bits per heavy atom. The fraction of sp³-hybridized carbons (Fsp3) is 0.476. The van der Waals surface area contributed by atoms with Gasteiger partial charge in [-0.1, -0.05) is 12.1 Å². The topological polar surface area (TPSA) is 79.4 Å². The molecule has 7 nitrogen and oxygen atoms in total. The van der Waals surface area contributed by atoms with E-state index in [1.54, 1.807) is 14.2 Å². The summed E-state index contributed by atoms with van der Waals surface area (Å²) in [5.74, 6) is 1.68. The van der Waals surface area contributed by atoms with E-state index in [2.05, 4.69) is 44.6 Å². The van der Waals surface area contributed by atoms with Gasteiger partial charge in [0.1, 0.15) is 11.6 Å². The maximum absolute atomic E-state index is 12.0. The number of anilines is 1. The van der Waals surface area contributed by atoms with Crippen molar-refractivity contribution in [3.63, 3.8) is 0 Å². The number of aromatic nitrogens is 2. The smallest absolute Gasteiger partial charge is 0.288 e. The average molecular weight is 383 g/mol. The second-order valence-electron chi connectivity index (χ2n) is 7.26. The van der Waals surface area contributed by atoms with Gasteiger partial charge >= 0.3 is 0 Å². The van der Waals surface area contributed by atoms with E-state index in [-0.39, 0.29) is 17.8 Å². The van der Waals surface area contributed by atoms with Gasteiger partial charge in [0.2, 0.25) is 5.82 Å². The van der Waals surface area contributed by atoms with Crippen molar-refractivity contribution in [1.82, 2.24) is 20.6 Å². The van der Waals surface area contributed by atoms with Gasteiger partial charge in [-0.05, 0) is 44.9 Å². The first-order valence-electron chi connectivity index (χ1n) is 9.65. The molecular weight excluding hydrogens is 354 g/mol. The van der Waals surface area contributed by atoms with Gasteiger partial charge in [0.05, 0.1) is 7.11 Å². The predicted molar refractivity (Wildman–Crippen MR) is 110 cm³/mol. The van der Waals surface area contributed by atoms with Crippen molar-refractivity contribution < 1.29 is 9.53 Å². The molecule has 0 radical (unpaired) electrons. The van der Waals surface area contributed by atoms with E-state index in [0.717, 1.165) is 42.3 Å². The summed E-state index contributed by atoms with van der Waals surface area (Å²) in [7, 11) is 3.28. The zero-order chi connectivity index (χ0) is 20.3. The van der Waals surface area contributed by atoms with E-state index in [1.807, 2.05) is 26.0 Å². The van der Waals surface area contributed by atoms with Gasteiger partial charge < -0.3 is 20.3 Å². The van der Waals surface area contributed by atoms with E-state index in [1.165, 1.54) is 5.56 Å². The summed E-state index contributed by atoms with van der Waals surface area (Å²) in [5.41, 5.74) is 3.06. The molecular formula is C21H29N5O2. The van der Waals surface area contributed by atoms with Crippen LogP contribution in [0, 0.1) is 13.8 Å². The second-order valence-corrected chi connectivity index (χ2v) is 7.26. The van der Waals surface area contributed by atoms with Crippen LogP contribution in [0.15, 0.2) is 24.3 Å². The quantitative estimate of drug-likeness (QED) is 0.797. The number of benzene rings is 1. The molecule has 1 amide bonds. The average Bonchev–Trinajstić information content (AvgIpc) is 3.17. The van der Waals surface area contributed by atoms with Crippen LogP contribution in [0.25, 0.3) is 0 Å². The molecule has 0 spiro atoms. The lowest BCUT2D eigenvalue weighted by molar-refractivity contribution is 0.0952. The van der Waals surface area contributed by atoms with Crippen LogP contribution in [0.2, 0.25) is 0 Å². The second kappa shape index (κ2) is 8.56. The van der Waals surface area contributed by atoms with Gasteiger partial charge in [-0.15, -0.1) is 0 Å². The van der Waals surface area contributed by atoms with Crippen molar-refractivity contribution in [2.75, 3.05) is 32.1 Å². The van der Waals surface area contributed by atoms with E-state index in [4.69, 9.17) is 4.74 Å². The third kappa shape index (κ3) is 4.25. The highest BCUT2D eigenvalue weighted by molar-refractivity contribution is 5.90. The molecule has 2 heterocycles. The molecule has 2 N–H and O–H groups in total. The van der Waals surface area contributed by atoms with Gasteiger partial charge in [0, 0.05) is 43.5 Å². The van der Waals surface area contributed by atoms with Crippen molar-refractivity contribution in [2.24, 2.45) is 0 Å². The zero-order valence-electron chi connectivity index (χ0n) is 17.2. The molecule has 0 aliphatic carbocycles. The minimum Gasteiger partial charge on any atom is -0.497 e. The van der Waals surface area contributed by atoms with Gasteiger partial charge in [-0.25, -0.2) is 9.97 Å². The number of carbonyl (C=O) groups excluding carboxylic acids is 1. The third-order valence-electron chi connectivity index (χ3n) is 5.36. The first kappa shape index (κ1) is 20.1. The van der Waals surface area contributed by atoms with Crippen molar-refractivity contribution in [3.05, 3.63) is 46.9 Å². The molecule has 0 saturated carbocycles. The molecule has 1 fully saturated rings. The summed E-state index contributed by atoms with van der Waals surface area (Å²) in [6.45, 7) is 7.84. The van der Waals surface area contributed by atoms with Crippen LogP contribution in [0.1, 0.15) is 46.8 Å². The number of nitrogens with zero attached hydrogens (tertiary/aromatic N) is 3. The maximum atomic E-state index is 12.0. The Balaban J connectivity index is 1.71. The highest BCUT2D eigenvalue weighted by atomic mass is 16.5. The minimum atomic E-state index is -0.259. The molecule has 7 heteroatoms.